The molecule has 0 aromatic heterocycles. The molecular weight excluding hydrogens is 268 g/mol. The van der Waals surface area contributed by atoms with Gasteiger partial charge in [-0.2, -0.15) is 0 Å². The third-order valence-electron chi connectivity index (χ3n) is 3.64. The maximum absolute atomic E-state index is 12.4. The fourth-order valence-corrected chi connectivity index (χ4v) is 2.41. The van der Waals surface area contributed by atoms with Crippen molar-refractivity contribution in [2.75, 3.05) is 47.3 Å². The Morgan fingerprint density at radius 1 is 1.10 bits per heavy atom. The molecule has 1 rings (SSSR count). The fraction of sp³-hybridized carbons (Fsp3) is 0.867. The molecule has 1 N–H and O–H groups in total. The lowest BCUT2D eigenvalue weighted by Crippen LogP contribution is -2.57. The van der Waals surface area contributed by atoms with E-state index in [1.165, 1.54) is 0 Å². The molecule has 0 bridgehead atoms. The monoisotopic (exact) mass is 300 g/mol. The number of piperazine rings is 1. The van der Waals surface area contributed by atoms with Crippen molar-refractivity contribution >= 4 is 11.9 Å². The molecule has 6 heteroatoms. The van der Waals surface area contributed by atoms with Crippen LogP contribution in [0.2, 0.25) is 0 Å². The van der Waals surface area contributed by atoms with Crippen LogP contribution in [0.25, 0.3) is 0 Å². The van der Waals surface area contributed by atoms with E-state index < -0.39 is 6.04 Å². The van der Waals surface area contributed by atoms with Crippen molar-refractivity contribution in [3.8, 4) is 0 Å². The Morgan fingerprint density at radius 3 is 1.95 bits per heavy atom. The van der Waals surface area contributed by atoms with Crippen LogP contribution in [0, 0.1) is 5.92 Å². The summed E-state index contributed by atoms with van der Waals surface area (Å²) in [7, 11) is 5.36. The molecule has 1 aliphatic heterocycles. The zero-order valence-corrected chi connectivity index (χ0v) is 14.6. The Balaban J connectivity index is 0.00000191. The van der Waals surface area contributed by atoms with E-state index in [4.69, 9.17) is 0 Å². The van der Waals surface area contributed by atoms with Gasteiger partial charge in [-0.25, -0.2) is 4.79 Å². The number of urea groups is 1. The van der Waals surface area contributed by atoms with Crippen LogP contribution in [0.3, 0.4) is 0 Å². The predicted octanol–water partition coefficient (Wildman–Crippen LogP) is 1.08. The van der Waals surface area contributed by atoms with E-state index in [1.807, 2.05) is 39.6 Å². The van der Waals surface area contributed by atoms with Crippen molar-refractivity contribution in [3.63, 3.8) is 0 Å². The molecule has 0 radical (unpaired) electrons. The van der Waals surface area contributed by atoms with Crippen molar-refractivity contribution < 1.29 is 9.59 Å². The first-order valence-electron chi connectivity index (χ1n) is 7.80. The molecule has 21 heavy (non-hydrogen) atoms. The number of carbonyl (C=O) groups is 2. The number of rotatable bonds is 3. The number of amides is 3. The number of likely N-dealkylation sites (N-methyl/N-ethyl adjacent to an activating group) is 3. The van der Waals surface area contributed by atoms with Gasteiger partial charge in [-0.1, -0.05) is 27.7 Å². The lowest BCUT2D eigenvalue weighted by molar-refractivity contribution is -0.126. The predicted molar refractivity (Wildman–Crippen MR) is 86.3 cm³/mol. The van der Waals surface area contributed by atoms with Gasteiger partial charge in [0.15, 0.2) is 0 Å². The van der Waals surface area contributed by atoms with Gasteiger partial charge >= 0.3 is 6.03 Å². The number of hydrogen-bond acceptors (Lipinski definition) is 3. The normalized spacial score (nSPS) is 16.9. The molecule has 1 fully saturated rings. The minimum Gasteiger partial charge on any atom is -0.357 e. The van der Waals surface area contributed by atoms with Gasteiger partial charge in [0.2, 0.25) is 5.91 Å². The van der Waals surface area contributed by atoms with Gasteiger partial charge < -0.3 is 20.0 Å². The smallest absolute Gasteiger partial charge is 0.320 e. The van der Waals surface area contributed by atoms with E-state index >= 15 is 0 Å². The summed E-state index contributed by atoms with van der Waals surface area (Å²) in [6.45, 7) is 11.1. The van der Waals surface area contributed by atoms with Crippen molar-refractivity contribution in [1.82, 2.24) is 20.0 Å². The lowest BCUT2D eigenvalue weighted by atomic mass is 10.0. The summed E-state index contributed by atoms with van der Waals surface area (Å²) < 4.78 is 0. The molecule has 0 aromatic rings. The average molecular weight is 300 g/mol. The van der Waals surface area contributed by atoms with Gasteiger partial charge in [0, 0.05) is 40.3 Å². The molecule has 0 aliphatic carbocycles. The molecule has 1 atom stereocenters. The Labute approximate surface area is 129 Å². The number of hydrogen-bond donors (Lipinski definition) is 1. The van der Waals surface area contributed by atoms with E-state index in [0.29, 0.717) is 0 Å². The first-order chi connectivity index (χ1) is 9.88. The van der Waals surface area contributed by atoms with Gasteiger partial charge in [-0.15, -0.1) is 0 Å². The molecule has 0 aromatic carbocycles. The van der Waals surface area contributed by atoms with Crippen LogP contribution >= 0.6 is 0 Å². The van der Waals surface area contributed by atoms with E-state index in [2.05, 4.69) is 10.2 Å². The Hall–Kier alpha value is -1.30. The van der Waals surface area contributed by atoms with Crippen molar-refractivity contribution in [2.24, 2.45) is 5.92 Å². The van der Waals surface area contributed by atoms with E-state index in [1.54, 1.807) is 19.0 Å². The number of nitrogens with zero attached hydrogens (tertiary/aromatic N) is 3. The second kappa shape index (κ2) is 9.60. The zero-order chi connectivity index (χ0) is 16.6. The molecular formula is C15H32N4O2. The first-order valence-corrected chi connectivity index (χ1v) is 7.80. The molecule has 1 aliphatic rings. The fourth-order valence-electron chi connectivity index (χ4n) is 2.41. The van der Waals surface area contributed by atoms with Gasteiger partial charge in [0.25, 0.3) is 0 Å². The summed E-state index contributed by atoms with van der Waals surface area (Å²) in [4.78, 5) is 29.9. The van der Waals surface area contributed by atoms with E-state index in [-0.39, 0.29) is 17.9 Å². The molecule has 1 unspecified atom stereocenters. The van der Waals surface area contributed by atoms with Crippen LogP contribution in [0.5, 0.6) is 0 Å². The molecule has 1 saturated heterocycles. The van der Waals surface area contributed by atoms with Crippen LogP contribution in [0.15, 0.2) is 0 Å². The highest BCUT2D eigenvalue weighted by molar-refractivity contribution is 5.87. The van der Waals surface area contributed by atoms with Gasteiger partial charge in [-0.05, 0) is 13.0 Å². The third-order valence-corrected chi connectivity index (χ3v) is 3.64. The largest absolute Gasteiger partial charge is 0.357 e. The van der Waals surface area contributed by atoms with Crippen molar-refractivity contribution in [1.29, 1.82) is 0 Å². The molecule has 0 spiro atoms. The highest BCUT2D eigenvalue weighted by Crippen LogP contribution is 2.13. The van der Waals surface area contributed by atoms with Crippen molar-refractivity contribution in [2.45, 2.75) is 33.7 Å². The Bertz CT molecular complexity index is 326. The Morgan fingerprint density at radius 2 is 1.57 bits per heavy atom. The summed E-state index contributed by atoms with van der Waals surface area (Å²) >= 11 is 0. The summed E-state index contributed by atoms with van der Waals surface area (Å²) in [5, 5.41) is 2.63. The van der Waals surface area contributed by atoms with E-state index in [0.717, 1.165) is 26.2 Å². The van der Waals surface area contributed by atoms with Crippen LogP contribution in [0.4, 0.5) is 4.79 Å². The summed E-state index contributed by atoms with van der Waals surface area (Å²) in [6.07, 6.45) is 0. The number of nitrogens with one attached hydrogen (secondary N) is 1. The summed E-state index contributed by atoms with van der Waals surface area (Å²) in [5.41, 5.74) is 0. The minimum atomic E-state index is -0.419. The first kappa shape index (κ1) is 19.7. The third kappa shape index (κ3) is 5.53. The average Bonchev–Trinajstić information content (AvgIpc) is 2.48. The van der Waals surface area contributed by atoms with Gasteiger partial charge in [-0.3, -0.25) is 4.79 Å². The number of carbonyl (C=O) groups excluding carboxylic acids is 2. The quantitative estimate of drug-likeness (QED) is 0.848. The molecule has 124 valence electrons. The molecule has 1 heterocycles. The standard InChI is InChI=1S/C13H26N4O2.C2H6/c1-10(2)11(12(18)14-3)16(5)13(19)17-8-6-15(4)7-9-17;1-2/h10-11H,6-9H2,1-5H3,(H,14,18);1-2H3. The minimum absolute atomic E-state index is 0.0598. The highest BCUT2D eigenvalue weighted by Gasteiger charge is 2.32. The Kier molecular flexibility index (Phi) is 9.01. The maximum Gasteiger partial charge on any atom is 0.320 e. The molecule has 3 amide bonds. The van der Waals surface area contributed by atoms with Crippen molar-refractivity contribution in [3.05, 3.63) is 0 Å². The van der Waals surface area contributed by atoms with E-state index in [9.17, 15) is 9.59 Å². The van der Waals surface area contributed by atoms with Crippen LogP contribution < -0.4 is 5.32 Å². The molecule has 6 nitrogen and oxygen atoms in total. The SMILES string of the molecule is CC.CNC(=O)C(C(C)C)N(C)C(=O)N1CCN(C)CC1. The highest BCUT2D eigenvalue weighted by atomic mass is 16.2. The summed E-state index contributed by atoms with van der Waals surface area (Å²) in [5.74, 6) is -0.0265. The van der Waals surface area contributed by atoms with Crippen LogP contribution in [-0.2, 0) is 4.79 Å². The second-order valence-corrected chi connectivity index (χ2v) is 5.49. The van der Waals surface area contributed by atoms with Crippen LogP contribution in [-0.4, -0.2) is 80.0 Å². The zero-order valence-electron chi connectivity index (χ0n) is 14.6. The van der Waals surface area contributed by atoms with Crippen LogP contribution in [0.1, 0.15) is 27.7 Å². The van der Waals surface area contributed by atoms with Gasteiger partial charge in [0.1, 0.15) is 6.04 Å². The second-order valence-electron chi connectivity index (χ2n) is 5.49. The molecule has 0 saturated carbocycles. The summed E-state index contributed by atoms with van der Waals surface area (Å²) in [6, 6.07) is -0.479. The lowest BCUT2D eigenvalue weighted by Gasteiger charge is -2.38. The van der Waals surface area contributed by atoms with Gasteiger partial charge in [0.05, 0.1) is 0 Å². The maximum atomic E-state index is 12.4. The topological polar surface area (TPSA) is 55.9 Å².